The second-order valence-electron chi connectivity index (χ2n) is 3.54. The van der Waals surface area contributed by atoms with E-state index in [1.54, 1.807) is 6.08 Å². The monoisotopic (exact) mass is 176 g/mol. The van der Waals surface area contributed by atoms with E-state index in [0.717, 1.165) is 5.56 Å². The van der Waals surface area contributed by atoms with Gasteiger partial charge >= 0.3 is 0 Å². The van der Waals surface area contributed by atoms with Crippen molar-refractivity contribution >= 4 is 0 Å². The predicted molar refractivity (Wildman–Crippen MR) is 55.4 cm³/mol. The molecule has 0 saturated heterocycles. The summed E-state index contributed by atoms with van der Waals surface area (Å²) < 4.78 is 0. The highest BCUT2D eigenvalue weighted by atomic mass is 16.3. The molecule has 2 atom stereocenters. The van der Waals surface area contributed by atoms with Gasteiger partial charge in [-0.05, 0) is 12.5 Å². The summed E-state index contributed by atoms with van der Waals surface area (Å²) in [5, 5.41) is 10.2. The van der Waals surface area contributed by atoms with Crippen molar-refractivity contribution in [2.24, 2.45) is 5.92 Å². The van der Waals surface area contributed by atoms with Gasteiger partial charge in [0.25, 0.3) is 0 Å². The first-order chi connectivity index (χ1) is 6.09. The highest BCUT2D eigenvalue weighted by Crippen LogP contribution is 2.29. The van der Waals surface area contributed by atoms with E-state index in [4.69, 9.17) is 0 Å². The van der Waals surface area contributed by atoms with Crippen LogP contribution in [0.5, 0.6) is 0 Å². The molecule has 0 aromatic heterocycles. The van der Waals surface area contributed by atoms with Crippen LogP contribution in [0.25, 0.3) is 0 Å². The summed E-state index contributed by atoms with van der Waals surface area (Å²) in [7, 11) is 0. The molecule has 1 aromatic carbocycles. The number of benzene rings is 1. The molecule has 0 aliphatic carbocycles. The molecule has 0 unspecified atom stereocenters. The van der Waals surface area contributed by atoms with E-state index in [1.165, 1.54) is 0 Å². The molecule has 1 aromatic rings. The zero-order chi connectivity index (χ0) is 9.90. The molecule has 1 rings (SSSR count). The molecule has 0 radical (unpaired) electrons. The number of hydrogen-bond acceptors (Lipinski definition) is 1. The van der Waals surface area contributed by atoms with E-state index < -0.39 is 5.60 Å². The molecule has 0 amide bonds. The van der Waals surface area contributed by atoms with E-state index in [-0.39, 0.29) is 5.92 Å². The summed E-state index contributed by atoms with van der Waals surface area (Å²) in [6, 6.07) is 9.66. The molecule has 0 aliphatic heterocycles. The van der Waals surface area contributed by atoms with Crippen molar-refractivity contribution < 1.29 is 5.11 Å². The van der Waals surface area contributed by atoms with Crippen molar-refractivity contribution in [3.05, 3.63) is 48.6 Å². The van der Waals surface area contributed by atoms with E-state index in [9.17, 15) is 5.11 Å². The Labute approximate surface area is 79.7 Å². The normalized spacial score (nSPS) is 17.5. The summed E-state index contributed by atoms with van der Waals surface area (Å²) >= 11 is 0. The fourth-order valence-electron chi connectivity index (χ4n) is 1.27. The average molecular weight is 176 g/mol. The van der Waals surface area contributed by atoms with Gasteiger partial charge in [-0.25, -0.2) is 0 Å². The quantitative estimate of drug-likeness (QED) is 0.702. The molecule has 0 aliphatic rings. The molecular weight excluding hydrogens is 160 g/mol. The number of rotatable bonds is 3. The molecule has 0 fully saturated rings. The van der Waals surface area contributed by atoms with Gasteiger partial charge in [-0.1, -0.05) is 43.3 Å². The standard InChI is InChI=1S/C12H16O/c1-4-10(2)12(3,13)11-8-6-5-7-9-11/h4-10,13H,1H2,2-3H3/t10-,12+/m1/s1. The van der Waals surface area contributed by atoms with E-state index in [2.05, 4.69) is 6.58 Å². The SMILES string of the molecule is C=C[C@@H](C)[C@](C)(O)c1ccccc1. The Morgan fingerprint density at radius 3 is 2.38 bits per heavy atom. The van der Waals surface area contributed by atoms with Crippen LogP contribution in [0.4, 0.5) is 0 Å². The lowest BCUT2D eigenvalue weighted by atomic mass is 9.84. The average Bonchev–Trinajstić information content (AvgIpc) is 2.18. The minimum Gasteiger partial charge on any atom is -0.385 e. The maximum atomic E-state index is 10.2. The fourth-order valence-corrected chi connectivity index (χ4v) is 1.27. The Morgan fingerprint density at radius 2 is 1.92 bits per heavy atom. The minimum atomic E-state index is -0.816. The van der Waals surface area contributed by atoms with Crippen LogP contribution >= 0.6 is 0 Å². The highest BCUT2D eigenvalue weighted by molar-refractivity contribution is 5.23. The summed E-state index contributed by atoms with van der Waals surface area (Å²) in [5.74, 6) is 0.0508. The van der Waals surface area contributed by atoms with E-state index >= 15 is 0 Å². The molecule has 1 heteroatoms. The largest absolute Gasteiger partial charge is 0.385 e. The molecule has 1 N–H and O–H groups in total. The summed E-state index contributed by atoms with van der Waals surface area (Å²) in [6.45, 7) is 7.46. The first-order valence-electron chi connectivity index (χ1n) is 4.49. The molecule has 0 saturated carbocycles. The Morgan fingerprint density at radius 1 is 1.38 bits per heavy atom. The zero-order valence-corrected chi connectivity index (χ0v) is 8.20. The van der Waals surface area contributed by atoms with Gasteiger partial charge in [0.05, 0.1) is 5.60 Å². The van der Waals surface area contributed by atoms with Crippen LogP contribution in [0, 0.1) is 5.92 Å². The molecule has 13 heavy (non-hydrogen) atoms. The van der Waals surface area contributed by atoms with Crippen molar-refractivity contribution in [2.75, 3.05) is 0 Å². The van der Waals surface area contributed by atoms with Gasteiger partial charge in [-0.2, -0.15) is 0 Å². The van der Waals surface area contributed by atoms with Crippen LogP contribution in [0.3, 0.4) is 0 Å². The van der Waals surface area contributed by atoms with Gasteiger partial charge in [-0.3, -0.25) is 0 Å². The predicted octanol–water partition coefficient (Wildman–Crippen LogP) is 2.72. The van der Waals surface area contributed by atoms with Crippen LogP contribution in [0.1, 0.15) is 19.4 Å². The molecule has 0 spiro atoms. The Bertz CT molecular complexity index is 274. The van der Waals surface area contributed by atoms with Gasteiger partial charge in [-0.15, -0.1) is 6.58 Å². The van der Waals surface area contributed by atoms with Crippen molar-refractivity contribution in [1.29, 1.82) is 0 Å². The smallest absolute Gasteiger partial charge is 0.0928 e. The Balaban J connectivity index is 3.00. The van der Waals surface area contributed by atoms with Crippen molar-refractivity contribution in [3.63, 3.8) is 0 Å². The lowest BCUT2D eigenvalue weighted by molar-refractivity contribution is 0.0205. The lowest BCUT2D eigenvalue weighted by Gasteiger charge is -2.28. The van der Waals surface area contributed by atoms with Crippen LogP contribution in [0.15, 0.2) is 43.0 Å². The van der Waals surface area contributed by atoms with Crippen LogP contribution in [-0.2, 0) is 5.60 Å². The maximum Gasteiger partial charge on any atom is 0.0928 e. The summed E-state index contributed by atoms with van der Waals surface area (Å²) in [4.78, 5) is 0. The van der Waals surface area contributed by atoms with Crippen molar-refractivity contribution in [2.45, 2.75) is 19.4 Å². The van der Waals surface area contributed by atoms with Gasteiger partial charge in [0, 0.05) is 5.92 Å². The minimum absolute atomic E-state index is 0.0508. The van der Waals surface area contributed by atoms with Gasteiger partial charge in [0.2, 0.25) is 0 Å². The van der Waals surface area contributed by atoms with Gasteiger partial charge in [0.1, 0.15) is 0 Å². The molecule has 1 nitrogen and oxygen atoms in total. The van der Waals surface area contributed by atoms with Gasteiger partial charge in [0.15, 0.2) is 0 Å². The summed E-state index contributed by atoms with van der Waals surface area (Å²) in [5.41, 5.74) is 0.116. The second-order valence-corrected chi connectivity index (χ2v) is 3.54. The van der Waals surface area contributed by atoms with E-state index in [0.29, 0.717) is 0 Å². The zero-order valence-electron chi connectivity index (χ0n) is 8.20. The first kappa shape index (κ1) is 10.0. The highest BCUT2D eigenvalue weighted by Gasteiger charge is 2.27. The van der Waals surface area contributed by atoms with Crippen molar-refractivity contribution in [3.8, 4) is 0 Å². The second kappa shape index (κ2) is 3.75. The van der Waals surface area contributed by atoms with Crippen molar-refractivity contribution in [1.82, 2.24) is 0 Å². The third-order valence-electron chi connectivity index (χ3n) is 2.60. The lowest BCUT2D eigenvalue weighted by Crippen LogP contribution is -2.28. The first-order valence-corrected chi connectivity index (χ1v) is 4.49. The molecule has 70 valence electrons. The summed E-state index contributed by atoms with van der Waals surface area (Å²) in [6.07, 6.45) is 1.77. The third-order valence-corrected chi connectivity index (χ3v) is 2.60. The fraction of sp³-hybridized carbons (Fsp3) is 0.333. The number of aliphatic hydroxyl groups is 1. The molecule has 0 heterocycles. The van der Waals surface area contributed by atoms with Gasteiger partial charge < -0.3 is 5.11 Å². The molecular formula is C12H16O. The van der Waals surface area contributed by atoms with Crippen LogP contribution in [0.2, 0.25) is 0 Å². The van der Waals surface area contributed by atoms with Crippen LogP contribution in [-0.4, -0.2) is 5.11 Å². The topological polar surface area (TPSA) is 20.2 Å². The van der Waals surface area contributed by atoms with Crippen LogP contribution < -0.4 is 0 Å². The molecule has 0 bridgehead atoms. The van der Waals surface area contributed by atoms with E-state index in [1.807, 2.05) is 44.2 Å². The Kier molecular flexibility index (Phi) is 2.89. The maximum absolute atomic E-state index is 10.2. The third kappa shape index (κ3) is 1.99. The number of hydrogen-bond donors (Lipinski definition) is 1. The Hall–Kier alpha value is -1.08.